The predicted octanol–water partition coefficient (Wildman–Crippen LogP) is 3.88. The molecule has 2 aromatic rings. The molecule has 132 valence electrons. The van der Waals surface area contributed by atoms with Crippen LogP contribution in [0.15, 0.2) is 42.5 Å². The van der Waals surface area contributed by atoms with Gasteiger partial charge in [0.1, 0.15) is 5.75 Å². The molecule has 0 radical (unpaired) electrons. The summed E-state index contributed by atoms with van der Waals surface area (Å²) in [5, 5.41) is 16.8. The number of benzene rings is 2. The zero-order valence-corrected chi connectivity index (χ0v) is 14.6. The fraction of sp³-hybridized carbons (Fsp3) is 0.278. The van der Waals surface area contributed by atoms with Crippen molar-refractivity contribution in [2.24, 2.45) is 0 Å². The van der Waals surface area contributed by atoms with Crippen molar-refractivity contribution in [2.75, 3.05) is 12.4 Å². The van der Waals surface area contributed by atoms with Crippen LogP contribution in [0.2, 0.25) is 0 Å². The Labute approximate surface area is 146 Å². The molecule has 2 rings (SSSR count). The minimum Gasteiger partial charge on any atom is -0.497 e. The minimum atomic E-state index is -0.461. The number of nitrogens with one attached hydrogen (secondary N) is 2. The zero-order valence-electron chi connectivity index (χ0n) is 14.6. The van der Waals surface area contributed by atoms with E-state index in [1.807, 2.05) is 20.8 Å². The van der Waals surface area contributed by atoms with Gasteiger partial charge in [-0.25, -0.2) is 0 Å². The van der Waals surface area contributed by atoms with Crippen LogP contribution in [0.4, 0.5) is 17.1 Å². The van der Waals surface area contributed by atoms with Crippen LogP contribution >= 0.6 is 0 Å². The van der Waals surface area contributed by atoms with Gasteiger partial charge in [0.2, 0.25) is 0 Å². The Kier molecular flexibility index (Phi) is 5.26. The molecule has 0 bridgehead atoms. The molecule has 1 amide bonds. The Bertz CT molecular complexity index is 780. The van der Waals surface area contributed by atoms with Crippen molar-refractivity contribution in [2.45, 2.75) is 26.3 Å². The van der Waals surface area contributed by atoms with Crippen molar-refractivity contribution in [1.82, 2.24) is 5.32 Å². The second-order valence-electron chi connectivity index (χ2n) is 6.54. The Hall–Kier alpha value is -3.09. The van der Waals surface area contributed by atoms with Crippen molar-refractivity contribution in [3.05, 3.63) is 58.1 Å². The maximum Gasteiger partial charge on any atom is 0.269 e. The van der Waals surface area contributed by atoms with E-state index < -0.39 is 4.92 Å². The molecule has 25 heavy (non-hydrogen) atoms. The average molecular weight is 343 g/mol. The number of ether oxygens (including phenoxy) is 1. The highest BCUT2D eigenvalue weighted by Crippen LogP contribution is 2.27. The number of carbonyl (C=O) groups is 1. The Morgan fingerprint density at radius 3 is 2.28 bits per heavy atom. The maximum absolute atomic E-state index is 12.5. The Morgan fingerprint density at radius 1 is 1.12 bits per heavy atom. The summed E-state index contributed by atoms with van der Waals surface area (Å²) >= 11 is 0. The molecule has 0 fully saturated rings. The second kappa shape index (κ2) is 7.21. The maximum atomic E-state index is 12.5. The van der Waals surface area contributed by atoms with E-state index in [2.05, 4.69) is 10.6 Å². The molecule has 2 aromatic carbocycles. The normalized spacial score (nSPS) is 10.9. The van der Waals surface area contributed by atoms with E-state index in [1.165, 1.54) is 12.1 Å². The number of non-ortho nitro benzene ring substituents is 1. The van der Waals surface area contributed by atoms with Gasteiger partial charge < -0.3 is 15.4 Å². The molecule has 7 heteroatoms. The summed E-state index contributed by atoms with van der Waals surface area (Å²) in [7, 11) is 1.54. The summed E-state index contributed by atoms with van der Waals surface area (Å²) in [5.41, 5.74) is 1.26. The molecule has 0 aliphatic heterocycles. The lowest BCUT2D eigenvalue weighted by Gasteiger charge is -2.22. The number of nitro groups is 1. The van der Waals surface area contributed by atoms with Crippen LogP contribution in [-0.4, -0.2) is 23.5 Å². The largest absolute Gasteiger partial charge is 0.497 e. The summed E-state index contributed by atoms with van der Waals surface area (Å²) in [6, 6.07) is 11.1. The molecule has 0 heterocycles. The van der Waals surface area contributed by atoms with Gasteiger partial charge in [-0.3, -0.25) is 14.9 Å². The standard InChI is InChI=1S/C18H21N3O4/c1-18(2,3)20-17(22)15-10-9-14(25-4)11-16(15)19-12-5-7-13(8-6-12)21(23)24/h5-11,19H,1-4H3,(H,20,22). The molecule has 0 spiro atoms. The van der Waals surface area contributed by atoms with Gasteiger partial charge in [0.05, 0.1) is 23.3 Å². The van der Waals surface area contributed by atoms with Crippen molar-refractivity contribution >= 4 is 23.0 Å². The van der Waals surface area contributed by atoms with Crippen LogP contribution in [0.25, 0.3) is 0 Å². The average Bonchev–Trinajstić information content (AvgIpc) is 2.53. The van der Waals surface area contributed by atoms with Crippen molar-refractivity contribution in [1.29, 1.82) is 0 Å². The van der Waals surface area contributed by atoms with Crippen LogP contribution in [0.3, 0.4) is 0 Å². The Balaban J connectivity index is 2.34. The molecule has 0 atom stereocenters. The first-order chi connectivity index (χ1) is 11.7. The van der Waals surface area contributed by atoms with Gasteiger partial charge in [-0.1, -0.05) is 0 Å². The minimum absolute atomic E-state index is 0.00175. The lowest BCUT2D eigenvalue weighted by molar-refractivity contribution is -0.384. The first-order valence-corrected chi connectivity index (χ1v) is 7.71. The van der Waals surface area contributed by atoms with Crippen LogP contribution in [0.1, 0.15) is 31.1 Å². The van der Waals surface area contributed by atoms with Crippen molar-refractivity contribution < 1.29 is 14.5 Å². The number of hydrogen-bond acceptors (Lipinski definition) is 5. The molecule has 0 aliphatic carbocycles. The number of methoxy groups -OCH3 is 1. The van der Waals surface area contributed by atoms with Gasteiger partial charge in [-0.2, -0.15) is 0 Å². The molecular weight excluding hydrogens is 322 g/mol. The highest BCUT2D eigenvalue weighted by Gasteiger charge is 2.19. The van der Waals surface area contributed by atoms with Gasteiger partial charge >= 0.3 is 0 Å². The monoisotopic (exact) mass is 343 g/mol. The second-order valence-corrected chi connectivity index (χ2v) is 6.54. The van der Waals surface area contributed by atoms with E-state index in [0.717, 1.165) is 0 Å². The SMILES string of the molecule is COc1ccc(C(=O)NC(C)(C)C)c(Nc2ccc([N+](=O)[O-])cc2)c1. The fourth-order valence-electron chi connectivity index (χ4n) is 2.18. The summed E-state index contributed by atoms with van der Waals surface area (Å²) < 4.78 is 5.22. The van der Waals surface area contributed by atoms with Crippen LogP contribution in [-0.2, 0) is 0 Å². The van der Waals surface area contributed by atoms with Gasteiger partial charge in [0.25, 0.3) is 11.6 Å². The van der Waals surface area contributed by atoms with E-state index in [-0.39, 0.29) is 17.1 Å². The number of anilines is 2. The topological polar surface area (TPSA) is 93.5 Å². The van der Waals surface area contributed by atoms with E-state index in [4.69, 9.17) is 4.74 Å². The van der Waals surface area contributed by atoms with Crippen LogP contribution < -0.4 is 15.4 Å². The van der Waals surface area contributed by atoms with Gasteiger partial charge in [-0.15, -0.1) is 0 Å². The molecule has 0 aliphatic rings. The number of nitrogens with zero attached hydrogens (tertiary/aromatic N) is 1. The molecule has 0 saturated carbocycles. The summed E-state index contributed by atoms with van der Waals surface area (Å²) in [6.07, 6.45) is 0. The van der Waals surface area contributed by atoms with Crippen molar-refractivity contribution in [3.63, 3.8) is 0 Å². The summed E-state index contributed by atoms with van der Waals surface area (Å²) in [6.45, 7) is 5.70. The zero-order chi connectivity index (χ0) is 18.6. The third-order valence-electron chi connectivity index (χ3n) is 3.32. The highest BCUT2D eigenvalue weighted by atomic mass is 16.6. The Morgan fingerprint density at radius 2 is 1.76 bits per heavy atom. The van der Waals surface area contributed by atoms with Gasteiger partial charge in [0.15, 0.2) is 0 Å². The third kappa shape index (κ3) is 4.94. The number of rotatable bonds is 5. The van der Waals surface area contributed by atoms with E-state index in [0.29, 0.717) is 22.7 Å². The third-order valence-corrected chi connectivity index (χ3v) is 3.32. The molecular formula is C18H21N3O4. The lowest BCUT2D eigenvalue weighted by atomic mass is 10.1. The first-order valence-electron chi connectivity index (χ1n) is 7.71. The van der Waals surface area contributed by atoms with E-state index in [1.54, 1.807) is 37.4 Å². The highest BCUT2D eigenvalue weighted by molar-refractivity contribution is 6.01. The fourth-order valence-corrected chi connectivity index (χ4v) is 2.18. The number of hydrogen-bond donors (Lipinski definition) is 2. The van der Waals surface area contributed by atoms with Crippen LogP contribution in [0, 0.1) is 10.1 Å². The van der Waals surface area contributed by atoms with E-state index in [9.17, 15) is 14.9 Å². The number of amides is 1. The number of carbonyl (C=O) groups excluding carboxylic acids is 1. The molecule has 0 saturated heterocycles. The number of nitro benzene ring substituents is 1. The molecule has 0 unspecified atom stereocenters. The quantitative estimate of drug-likeness (QED) is 0.635. The van der Waals surface area contributed by atoms with Crippen LogP contribution in [0.5, 0.6) is 5.75 Å². The molecule has 2 N–H and O–H groups in total. The van der Waals surface area contributed by atoms with Gasteiger partial charge in [-0.05, 0) is 45.0 Å². The van der Waals surface area contributed by atoms with Crippen molar-refractivity contribution in [3.8, 4) is 5.75 Å². The molecule has 0 aromatic heterocycles. The van der Waals surface area contributed by atoms with E-state index >= 15 is 0 Å². The molecule has 7 nitrogen and oxygen atoms in total. The van der Waals surface area contributed by atoms with Gasteiger partial charge in [0, 0.05) is 29.4 Å². The lowest BCUT2D eigenvalue weighted by Crippen LogP contribution is -2.40. The summed E-state index contributed by atoms with van der Waals surface area (Å²) in [4.78, 5) is 22.8. The first kappa shape index (κ1) is 18.3. The summed E-state index contributed by atoms with van der Waals surface area (Å²) in [5.74, 6) is 0.372. The predicted molar refractivity (Wildman–Crippen MR) is 96.6 cm³/mol. The smallest absolute Gasteiger partial charge is 0.269 e.